The molecule has 5 N–H and O–H groups in total. The third-order valence-electron chi connectivity index (χ3n) is 2.23. The summed E-state index contributed by atoms with van der Waals surface area (Å²) in [5.41, 5.74) is 3.71. The lowest BCUT2D eigenvalue weighted by molar-refractivity contribution is -0.406. The average Bonchev–Trinajstić information content (AvgIpc) is 2.16. The minimum atomic E-state index is -3.75. The van der Waals surface area contributed by atoms with Crippen molar-refractivity contribution in [1.82, 2.24) is 5.32 Å². The molecule has 0 saturated heterocycles. The third-order valence-corrected chi connectivity index (χ3v) is 3.86. The lowest BCUT2D eigenvalue weighted by Crippen LogP contribution is -2.68. The van der Waals surface area contributed by atoms with E-state index in [9.17, 15) is 14.3 Å². The molecule has 0 aromatic rings. The molecule has 0 bridgehead atoms. The van der Waals surface area contributed by atoms with E-state index in [4.69, 9.17) is 0 Å². The molecule has 1 unspecified atom stereocenters. The van der Waals surface area contributed by atoms with Crippen molar-refractivity contribution in [2.75, 3.05) is 7.11 Å². The molecule has 0 spiro atoms. The van der Waals surface area contributed by atoms with Gasteiger partial charge in [0.15, 0.2) is 6.04 Å². The number of hydrogen-bond acceptors (Lipinski definition) is 3. The first kappa shape index (κ1) is 15.6. The Morgan fingerprint density at radius 1 is 1.50 bits per heavy atom. The SMILES string of the molecule is COP(=O)(O)[C@@H](C)NC(=O)[C@@H]([NH3+])CC(C)C. The van der Waals surface area contributed by atoms with Crippen molar-refractivity contribution in [2.45, 2.75) is 39.0 Å². The highest BCUT2D eigenvalue weighted by molar-refractivity contribution is 7.53. The summed E-state index contributed by atoms with van der Waals surface area (Å²) >= 11 is 0. The molecular formula is C9H22N2O4P+. The van der Waals surface area contributed by atoms with Crippen LogP contribution in [0.2, 0.25) is 0 Å². The van der Waals surface area contributed by atoms with Crippen molar-refractivity contribution >= 4 is 13.5 Å². The molecule has 3 atom stereocenters. The number of carbonyl (C=O) groups is 1. The van der Waals surface area contributed by atoms with Gasteiger partial charge in [0.2, 0.25) is 0 Å². The van der Waals surface area contributed by atoms with Gasteiger partial charge >= 0.3 is 7.60 Å². The molecule has 16 heavy (non-hydrogen) atoms. The summed E-state index contributed by atoms with van der Waals surface area (Å²) in [4.78, 5) is 20.9. The summed E-state index contributed by atoms with van der Waals surface area (Å²) in [7, 11) is -2.61. The van der Waals surface area contributed by atoms with Crippen LogP contribution in [0.3, 0.4) is 0 Å². The average molecular weight is 253 g/mol. The fourth-order valence-corrected chi connectivity index (χ4v) is 1.85. The Balaban J connectivity index is 4.30. The normalized spacial score (nSPS) is 18.9. The summed E-state index contributed by atoms with van der Waals surface area (Å²) < 4.78 is 15.8. The van der Waals surface area contributed by atoms with Crippen LogP contribution in [-0.4, -0.2) is 29.7 Å². The standard InChI is InChI=1S/C9H21N2O4P/c1-6(2)5-8(10)9(12)11-7(3)16(13,14)15-4/h6-8H,5,10H2,1-4H3,(H,11,12)(H,13,14)/p+1/t7-,8-/m0/s1. The molecule has 0 aliphatic rings. The predicted octanol–water partition coefficient (Wildman–Crippen LogP) is -0.0630. The van der Waals surface area contributed by atoms with Crippen molar-refractivity contribution in [3.8, 4) is 0 Å². The van der Waals surface area contributed by atoms with Crippen LogP contribution in [0.5, 0.6) is 0 Å². The molecule has 0 heterocycles. The molecule has 0 aliphatic heterocycles. The number of hydrogen-bond donors (Lipinski definition) is 3. The van der Waals surface area contributed by atoms with Gasteiger partial charge in [0.25, 0.3) is 5.91 Å². The fourth-order valence-electron chi connectivity index (χ4n) is 1.24. The second kappa shape index (κ2) is 6.35. The Morgan fingerprint density at radius 2 is 2.00 bits per heavy atom. The van der Waals surface area contributed by atoms with Crippen LogP contribution in [0.25, 0.3) is 0 Å². The lowest BCUT2D eigenvalue weighted by Gasteiger charge is -2.19. The van der Waals surface area contributed by atoms with Crippen LogP contribution in [-0.2, 0) is 13.9 Å². The monoisotopic (exact) mass is 253 g/mol. The van der Waals surface area contributed by atoms with Gasteiger partial charge in [0, 0.05) is 13.5 Å². The molecular weight excluding hydrogens is 231 g/mol. The smallest absolute Gasteiger partial charge is 0.347 e. The molecule has 0 saturated carbocycles. The molecule has 7 heteroatoms. The van der Waals surface area contributed by atoms with Crippen LogP contribution in [0.1, 0.15) is 27.2 Å². The van der Waals surface area contributed by atoms with E-state index in [0.29, 0.717) is 12.3 Å². The second-order valence-electron chi connectivity index (χ2n) is 4.26. The zero-order valence-corrected chi connectivity index (χ0v) is 11.2. The van der Waals surface area contributed by atoms with Gasteiger partial charge in [-0.15, -0.1) is 0 Å². The quantitative estimate of drug-likeness (QED) is 0.577. The summed E-state index contributed by atoms with van der Waals surface area (Å²) in [6.45, 7) is 5.41. The Kier molecular flexibility index (Phi) is 6.18. The molecule has 0 fully saturated rings. The first-order valence-electron chi connectivity index (χ1n) is 5.22. The molecule has 0 aliphatic carbocycles. The van der Waals surface area contributed by atoms with E-state index in [0.717, 1.165) is 7.11 Å². The molecule has 1 amide bonds. The Morgan fingerprint density at radius 3 is 2.38 bits per heavy atom. The Bertz CT molecular complexity index is 283. The van der Waals surface area contributed by atoms with Crippen LogP contribution in [0.4, 0.5) is 0 Å². The van der Waals surface area contributed by atoms with Gasteiger partial charge in [-0.2, -0.15) is 0 Å². The second-order valence-corrected chi connectivity index (χ2v) is 6.53. The van der Waals surface area contributed by atoms with E-state index in [-0.39, 0.29) is 5.91 Å². The lowest BCUT2D eigenvalue weighted by atomic mass is 10.0. The number of amides is 1. The van der Waals surface area contributed by atoms with Gasteiger partial charge in [0.05, 0.1) is 0 Å². The van der Waals surface area contributed by atoms with E-state index in [1.165, 1.54) is 6.92 Å². The summed E-state index contributed by atoms with van der Waals surface area (Å²) in [6, 6.07) is -0.417. The van der Waals surface area contributed by atoms with Crippen molar-refractivity contribution < 1.29 is 24.5 Å². The number of rotatable bonds is 6. The van der Waals surface area contributed by atoms with Gasteiger partial charge in [-0.05, 0) is 12.8 Å². The number of carbonyl (C=O) groups excluding carboxylic acids is 1. The highest BCUT2D eigenvalue weighted by atomic mass is 31.2. The molecule has 6 nitrogen and oxygen atoms in total. The molecule has 0 aromatic heterocycles. The highest BCUT2D eigenvalue weighted by Crippen LogP contribution is 2.44. The maximum Gasteiger partial charge on any atom is 0.349 e. The minimum absolute atomic E-state index is 0.326. The molecule has 0 radical (unpaired) electrons. The summed E-state index contributed by atoms with van der Waals surface area (Å²) in [5.74, 6) is -0.888. The third kappa shape index (κ3) is 5.07. The minimum Gasteiger partial charge on any atom is -0.347 e. The number of quaternary nitrogens is 1. The molecule has 0 rings (SSSR count). The zero-order valence-electron chi connectivity index (χ0n) is 10.3. The van der Waals surface area contributed by atoms with Crippen molar-refractivity contribution in [3.63, 3.8) is 0 Å². The van der Waals surface area contributed by atoms with Crippen LogP contribution >= 0.6 is 7.60 Å². The van der Waals surface area contributed by atoms with E-state index in [2.05, 4.69) is 15.6 Å². The largest absolute Gasteiger partial charge is 0.349 e. The van der Waals surface area contributed by atoms with E-state index >= 15 is 0 Å². The Hall–Kier alpha value is -0.420. The molecule has 96 valence electrons. The summed E-state index contributed by atoms with van der Waals surface area (Å²) in [5, 5.41) is 2.44. The van der Waals surface area contributed by atoms with Crippen molar-refractivity contribution in [2.24, 2.45) is 5.92 Å². The number of nitrogens with one attached hydrogen (secondary N) is 1. The fraction of sp³-hybridized carbons (Fsp3) is 0.889. The van der Waals surface area contributed by atoms with Crippen LogP contribution in [0, 0.1) is 5.92 Å². The van der Waals surface area contributed by atoms with Crippen LogP contribution < -0.4 is 11.1 Å². The van der Waals surface area contributed by atoms with E-state index in [1.54, 1.807) is 0 Å². The zero-order chi connectivity index (χ0) is 12.9. The predicted molar refractivity (Wildman–Crippen MR) is 60.6 cm³/mol. The maximum atomic E-state index is 11.6. The van der Waals surface area contributed by atoms with Gasteiger partial charge in [-0.25, -0.2) is 0 Å². The van der Waals surface area contributed by atoms with E-state index < -0.39 is 19.4 Å². The topological polar surface area (TPSA) is 103 Å². The van der Waals surface area contributed by atoms with Gasteiger partial charge in [-0.1, -0.05) is 13.8 Å². The van der Waals surface area contributed by atoms with Crippen LogP contribution in [0.15, 0.2) is 0 Å². The Labute approximate surface area is 96.1 Å². The maximum absolute atomic E-state index is 11.6. The van der Waals surface area contributed by atoms with Gasteiger partial charge in [-0.3, -0.25) is 9.36 Å². The van der Waals surface area contributed by atoms with Crippen molar-refractivity contribution in [3.05, 3.63) is 0 Å². The van der Waals surface area contributed by atoms with Crippen molar-refractivity contribution in [1.29, 1.82) is 0 Å². The highest BCUT2D eigenvalue weighted by Gasteiger charge is 2.30. The van der Waals surface area contributed by atoms with E-state index in [1.807, 2.05) is 13.8 Å². The molecule has 0 aromatic carbocycles. The first-order chi connectivity index (χ1) is 7.20. The van der Waals surface area contributed by atoms with Gasteiger partial charge < -0.3 is 20.5 Å². The van der Waals surface area contributed by atoms with Gasteiger partial charge in [0.1, 0.15) is 5.78 Å². The summed E-state index contributed by atoms with van der Waals surface area (Å²) in [6.07, 6.45) is 0.640. The first-order valence-corrected chi connectivity index (χ1v) is 6.87.